The highest BCUT2D eigenvalue weighted by molar-refractivity contribution is 7.89. The number of nitrogens with two attached hydrogens (primary N) is 1. The van der Waals surface area contributed by atoms with Gasteiger partial charge in [-0.25, -0.2) is 8.42 Å². The van der Waals surface area contributed by atoms with Crippen molar-refractivity contribution in [2.75, 3.05) is 26.2 Å². The molecular formula is C11H24N2O3S. The van der Waals surface area contributed by atoms with E-state index >= 15 is 0 Å². The zero-order valence-electron chi connectivity index (χ0n) is 11.0. The van der Waals surface area contributed by atoms with Gasteiger partial charge in [-0.1, -0.05) is 13.3 Å². The molecule has 1 aliphatic heterocycles. The van der Waals surface area contributed by atoms with Crippen LogP contribution >= 0.6 is 0 Å². The van der Waals surface area contributed by atoms with Crippen molar-refractivity contribution in [3.8, 4) is 0 Å². The zero-order valence-corrected chi connectivity index (χ0v) is 11.8. The molecule has 1 atom stereocenters. The maximum absolute atomic E-state index is 12.1. The summed E-state index contributed by atoms with van der Waals surface area (Å²) >= 11 is 0. The second kappa shape index (κ2) is 5.65. The molecule has 0 amide bonds. The van der Waals surface area contributed by atoms with E-state index in [4.69, 9.17) is 10.5 Å². The first kappa shape index (κ1) is 14.9. The third-order valence-corrected chi connectivity index (χ3v) is 5.47. The van der Waals surface area contributed by atoms with E-state index in [1.54, 1.807) is 13.8 Å². The van der Waals surface area contributed by atoms with E-state index in [-0.39, 0.29) is 0 Å². The first-order valence-corrected chi connectivity index (χ1v) is 7.71. The smallest absolute Gasteiger partial charge is 0.216 e. The molecule has 0 aromatic carbocycles. The second-order valence-corrected chi connectivity index (χ2v) is 7.40. The van der Waals surface area contributed by atoms with Crippen molar-refractivity contribution in [2.24, 2.45) is 5.73 Å². The van der Waals surface area contributed by atoms with Crippen LogP contribution in [0.2, 0.25) is 0 Å². The molecule has 5 nitrogen and oxygen atoms in total. The monoisotopic (exact) mass is 264 g/mol. The quantitative estimate of drug-likeness (QED) is 0.787. The molecule has 1 unspecified atom stereocenters. The first-order valence-electron chi connectivity index (χ1n) is 6.21. The molecule has 0 bridgehead atoms. The lowest BCUT2D eigenvalue weighted by atomic mass is 9.97. The fourth-order valence-corrected chi connectivity index (χ4v) is 3.50. The maximum Gasteiger partial charge on any atom is 0.216 e. The van der Waals surface area contributed by atoms with E-state index in [1.807, 2.05) is 0 Å². The van der Waals surface area contributed by atoms with Crippen molar-refractivity contribution in [3.63, 3.8) is 0 Å². The van der Waals surface area contributed by atoms with Crippen molar-refractivity contribution in [1.29, 1.82) is 0 Å². The maximum atomic E-state index is 12.1. The van der Waals surface area contributed by atoms with Crippen LogP contribution in [0.3, 0.4) is 0 Å². The number of morpholine rings is 1. The first-order chi connectivity index (χ1) is 7.88. The minimum atomic E-state index is -3.20. The number of hydrogen-bond donors (Lipinski definition) is 1. The van der Waals surface area contributed by atoms with Crippen LogP contribution in [0.25, 0.3) is 0 Å². The number of ether oxygens (including phenoxy) is 1. The van der Waals surface area contributed by atoms with Gasteiger partial charge >= 0.3 is 0 Å². The van der Waals surface area contributed by atoms with Gasteiger partial charge in [0.25, 0.3) is 0 Å². The van der Waals surface area contributed by atoms with Crippen LogP contribution in [-0.4, -0.2) is 49.8 Å². The molecule has 1 rings (SSSR count). The summed E-state index contributed by atoms with van der Waals surface area (Å²) in [6, 6.07) is 0. The molecule has 0 aromatic rings. The number of hydrogen-bond acceptors (Lipinski definition) is 4. The van der Waals surface area contributed by atoms with Crippen molar-refractivity contribution < 1.29 is 13.2 Å². The lowest BCUT2D eigenvalue weighted by molar-refractivity contribution is -0.0880. The molecule has 102 valence electrons. The molecular weight excluding hydrogens is 240 g/mol. The summed E-state index contributed by atoms with van der Waals surface area (Å²) in [5.41, 5.74) is 5.27. The predicted molar refractivity (Wildman–Crippen MR) is 68.3 cm³/mol. The minimum Gasteiger partial charge on any atom is -0.371 e. The van der Waals surface area contributed by atoms with Gasteiger partial charge in [0.05, 0.1) is 17.5 Å². The predicted octanol–water partition coefficient (Wildman–Crippen LogP) is 0.554. The highest BCUT2D eigenvalue weighted by Crippen LogP contribution is 2.25. The van der Waals surface area contributed by atoms with Gasteiger partial charge in [-0.05, 0) is 20.3 Å². The van der Waals surface area contributed by atoms with Gasteiger partial charge < -0.3 is 10.5 Å². The third kappa shape index (κ3) is 3.19. The second-order valence-electron chi connectivity index (χ2n) is 4.91. The normalized spacial score (nSPS) is 27.6. The van der Waals surface area contributed by atoms with Crippen molar-refractivity contribution >= 4 is 10.0 Å². The molecule has 0 aromatic heterocycles. The van der Waals surface area contributed by atoms with Gasteiger partial charge in [-0.15, -0.1) is 0 Å². The summed E-state index contributed by atoms with van der Waals surface area (Å²) in [5.74, 6) is 0. The van der Waals surface area contributed by atoms with Crippen molar-refractivity contribution in [1.82, 2.24) is 4.31 Å². The molecule has 0 spiro atoms. The van der Waals surface area contributed by atoms with E-state index in [0.717, 1.165) is 12.8 Å². The van der Waals surface area contributed by atoms with Crippen LogP contribution in [0.4, 0.5) is 0 Å². The molecule has 1 heterocycles. The van der Waals surface area contributed by atoms with Crippen LogP contribution in [-0.2, 0) is 14.8 Å². The Morgan fingerprint density at radius 3 is 2.59 bits per heavy atom. The van der Waals surface area contributed by atoms with Crippen LogP contribution in [0.1, 0.15) is 33.6 Å². The molecule has 1 fully saturated rings. The Morgan fingerprint density at radius 2 is 2.12 bits per heavy atom. The Labute approximate surface area is 104 Å². The van der Waals surface area contributed by atoms with Crippen LogP contribution in [0.15, 0.2) is 0 Å². The highest BCUT2D eigenvalue weighted by Gasteiger charge is 2.39. The highest BCUT2D eigenvalue weighted by atomic mass is 32.2. The summed E-state index contributed by atoms with van der Waals surface area (Å²) in [7, 11) is -3.20. The number of rotatable bonds is 5. The SMILES string of the molecule is CCCC1(CN)CN(S(=O)(=O)C(C)C)CCO1. The van der Waals surface area contributed by atoms with Gasteiger partial charge in [0.1, 0.15) is 0 Å². The molecule has 0 saturated carbocycles. The lowest BCUT2D eigenvalue weighted by Crippen LogP contribution is -2.58. The van der Waals surface area contributed by atoms with E-state index in [9.17, 15) is 8.42 Å². The van der Waals surface area contributed by atoms with Gasteiger partial charge in [0, 0.05) is 19.6 Å². The van der Waals surface area contributed by atoms with Gasteiger partial charge in [0.2, 0.25) is 10.0 Å². The van der Waals surface area contributed by atoms with Crippen molar-refractivity contribution in [3.05, 3.63) is 0 Å². The minimum absolute atomic E-state index is 0.366. The van der Waals surface area contributed by atoms with Gasteiger partial charge in [-0.2, -0.15) is 4.31 Å². The largest absolute Gasteiger partial charge is 0.371 e. The lowest BCUT2D eigenvalue weighted by Gasteiger charge is -2.42. The van der Waals surface area contributed by atoms with E-state index < -0.39 is 20.9 Å². The standard InChI is InChI=1S/C11H24N2O3S/c1-4-5-11(8-12)9-13(6-7-16-11)17(14,15)10(2)3/h10H,4-9,12H2,1-3H3. The average Bonchev–Trinajstić information content (AvgIpc) is 2.29. The summed E-state index contributed by atoms with van der Waals surface area (Å²) in [6.45, 7) is 7.08. The Kier molecular flexibility index (Phi) is 4.95. The molecule has 2 N–H and O–H groups in total. The number of nitrogens with zero attached hydrogens (tertiary/aromatic N) is 1. The van der Waals surface area contributed by atoms with Gasteiger partial charge in [-0.3, -0.25) is 0 Å². The number of sulfonamides is 1. The fourth-order valence-electron chi connectivity index (χ4n) is 2.16. The molecule has 6 heteroatoms. The van der Waals surface area contributed by atoms with Crippen LogP contribution in [0, 0.1) is 0 Å². The summed E-state index contributed by atoms with van der Waals surface area (Å²) in [6.07, 6.45) is 1.74. The summed E-state index contributed by atoms with van der Waals surface area (Å²) in [5, 5.41) is -0.391. The van der Waals surface area contributed by atoms with Crippen LogP contribution < -0.4 is 5.73 Å². The van der Waals surface area contributed by atoms with Gasteiger partial charge in [0.15, 0.2) is 0 Å². The molecule has 1 aliphatic rings. The Balaban J connectivity index is 2.85. The fraction of sp³-hybridized carbons (Fsp3) is 1.00. The molecule has 0 radical (unpaired) electrons. The molecule has 0 aliphatic carbocycles. The Hall–Kier alpha value is -0.170. The summed E-state index contributed by atoms with van der Waals surface area (Å²) < 4.78 is 31.5. The molecule has 1 saturated heterocycles. The van der Waals surface area contributed by atoms with Crippen LogP contribution in [0.5, 0.6) is 0 Å². The zero-order chi connectivity index (χ0) is 13.1. The Morgan fingerprint density at radius 1 is 1.47 bits per heavy atom. The average molecular weight is 264 g/mol. The van der Waals surface area contributed by atoms with E-state index in [1.165, 1.54) is 4.31 Å². The Bertz CT molecular complexity index is 339. The topological polar surface area (TPSA) is 72.6 Å². The summed E-state index contributed by atoms with van der Waals surface area (Å²) in [4.78, 5) is 0. The van der Waals surface area contributed by atoms with E-state index in [0.29, 0.717) is 26.2 Å². The molecule has 17 heavy (non-hydrogen) atoms. The van der Waals surface area contributed by atoms with E-state index in [2.05, 4.69) is 6.92 Å². The van der Waals surface area contributed by atoms with Crippen molar-refractivity contribution in [2.45, 2.75) is 44.5 Å². The third-order valence-electron chi connectivity index (χ3n) is 3.25.